The maximum absolute atomic E-state index is 11.9. The van der Waals surface area contributed by atoms with Crippen LogP contribution in [0.3, 0.4) is 0 Å². The zero-order chi connectivity index (χ0) is 15.5. The summed E-state index contributed by atoms with van der Waals surface area (Å²) in [5.41, 5.74) is 2.05. The molecule has 1 aliphatic heterocycles. The summed E-state index contributed by atoms with van der Waals surface area (Å²) in [4.78, 5) is 20.4. The van der Waals surface area contributed by atoms with E-state index >= 15 is 0 Å². The van der Waals surface area contributed by atoms with Crippen molar-refractivity contribution < 1.29 is 9.53 Å². The van der Waals surface area contributed by atoms with E-state index in [9.17, 15) is 4.79 Å². The first-order valence-corrected chi connectivity index (χ1v) is 7.63. The third-order valence-electron chi connectivity index (χ3n) is 3.92. The average molecular weight is 320 g/mol. The molecule has 0 aliphatic carbocycles. The van der Waals surface area contributed by atoms with Crippen LogP contribution in [0.25, 0.3) is 10.9 Å². The number of hydrogen-bond acceptors (Lipinski definition) is 4. The number of methoxy groups -OCH3 is 1. The molecule has 1 aliphatic rings. The molecule has 1 aromatic heterocycles. The number of amides is 1. The molecule has 0 atom stereocenters. The molecule has 2 heterocycles. The van der Waals surface area contributed by atoms with E-state index in [0.717, 1.165) is 29.7 Å². The SMILES string of the molecule is COCC(=O)N1CCN(c2ccnc3ccc(Cl)cc23)CC1. The number of fused-ring (bicyclic) bond motifs is 1. The molecule has 22 heavy (non-hydrogen) atoms. The molecular formula is C16H18ClN3O2. The minimum Gasteiger partial charge on any atom is -0.375 e. The number of ether oxygens (including phenoxy) is 1. The predicted octanol–water partition coefficient (Wildman–Crippen LogP) is 2.18. The number of hydrogen-bond donors (Lipinski definition) is 0. The Morgan fingerprint density at radius 1 is 1.27 bits per heavy atom. The van der Waals surface area contributed by atoms with Gasteiger partial charge in [0, 0.05) is 55.6 Å². The normalized spacial score (nSPS) is 15.4. The van der Waals surface area contributed by atoms with Gasteiger partial charge in [-0.3, -0.25) is 9.78 Å². The number of rotatable bonds is 3. The first kappa shape index (κ1) is 15.1. The lowest BCUT2D eigenvalue weighted by atomic mass is 10.1. The average Bonchev–Trinajstić information content (AvgIpc) is 2.54. The number of piperazine rings is 1. The van der Waals surface area contributed by atoms with Gasteiger partial charge in [0.2, 0.25) is 5.91 Å². The van der Waals surface area contributed by atoms with Gasteiger partial charge in [-0.15, -0.1) is 0 Å². The minimum absolute atomic E-state index is 0.0461. The minimum atomic E-state index is 0.0461. The second-order valence-corrected chi connectivity index (χ2v) is 5.73. The van der Waals surface area contributed by atoms with Crippen molar-refractivity contribution in [2.45, 2.75) is 0 Å². The molecule has 1 aromatic carbocycles. The second kappa shape index (κ2) is 6.50. The predicted molar refractivity (Wildman–Crippen MR) is 87.4 cm³/mol. The number of nitrogens with zero attached hydrogens (tertiary/aromatic N) is 3. The quantitative estimate of drug-likeness (QED) is 0.870. The molecule has 0 unspecified atom stereocenters. The summed E-state index contributed by atoms with van der Waals surface area (Å²) in [5, 5.41) is 1.75. The third kappa shape index (κ3) is 3.00. The maximum Gasteiger partial charge on any atom is 0.248 e. The van der Waals surface area contributed by atoms with Crippen LogP contribution in [0.5, 0.6) is 0 Å². The highest BCUT2D eigenvalue weighted by atomic mass is 35.5. The molecule has 0 radical (unpaired) electrons. The summed E-state index contributed by atoms with van der Waals surface area (Å²) in [6, 6.07) is 7.73. The van der Waals surface area contributed by atoms with E-state index in [1.807, 2.05) is 35.4 Å². The van der Waals surface area contributed by atoms with E-state index in [1.165, 1.54) is 0 Å². The van der Waals surface area contributed by atoms with Crippen molar-refractivity contribution in [3.8, 4) is 0 Å². The maximum atomic E-state index is 11.9. The number of anilines is 1. The molecule has 5 nitrogen and oxygen atoms in total. The Hall–Kier alpha value is -1.85. The topological polar surface area (TPSA) is 45.7 Å². The van der Waals surface area contributed by atoms with Crippen LogP contribution in [0.2, 0.25) is 5.02 Å². The van der Waals surface area contributed by atoms with Gasteiger partial charge in [0.25, 0.3) is 0 Å². The van der Waals surface area contributed by atoms with Gasteiger partial charge >= 0.3 is 0 Å². The van der Waals surface area contributed by atoms with Gasteiger partial charge in [-0.05, 0) is 24.3 Å². The van der Waals surface area contributed by atoms with Crippen LogP contribution < -0.4 is 4.90 Å². The van der Waals surface area contributed by atoms with Crippen molar-refractivity contribution in [2.75, 3.05) is 44.8 Å². The Labute approximate surface area is 134 Å². The molecule has 2 aromatic rings. The molecule has 1 amide bonds. The summed E-state index contributed by atoms with van der Waals surface area (Å²) in [6.07, 6.45) is 1.81. The lowest BCUT2D eigenvalue weighted by molar-refractivity contribution is -0.135. The molecule has 3 rings (SSSR count). The van der Waals surface area contributed by atoms with Gasteiger partial charge in [0.1, 0.15) is 6.61 Å². The van der Waals surface area contributed by atoms with Crippen LogP contribution in [0.15, 0.2) is 30.5 Å². The van der Waals surface area contributed by atoms with Crippen molar-refractivity contribution in [1.29, 1.82) is 0 Å². The zero-order valence-electron chi connectivity index (χ0n) is 12.5. The van der Waals surface area contributed by atoms with E-state index in [0.29, 0.717) is 18.1 Å². The molecule has 1 fully saturated rings. The van der Waals surface area contributed by atoms with Crippen molar-refractivity contribution in [3.05, 3.63) is 35.5 Å². The number of pyridine rings is 1. The lowest BCUT2D eigenvalue weighted by Gasteiger charge is -2.36. The van der Waals surface area contributed by atoms with Crippen molar-refractivity contribution in [1.82, 2.24) is 9.88 Å². The largest absolute Gasteiger partial charge is 0.375 e. The van der Waals surface area contributed by atoms with Crippen LogP contribution >= 0.6 is 11.6 Å². The number of benzene rings is 1. The fourth-order valence-corrected chi connectivity index (χ4v) is 2.96. The number of aromatic nitrogens is 1. The Balaban J connectivity index is 1.79. The number of halogens is 1. The Morgan fingerprint density at radius 3 is 2.77 bits per heavy atom. The molecule has 0 bridgehead atoms. The van der Waals surface area contributed by atoms with Crippen LogP contribution in [0, 0.1) is 0 Å². The summed E-state index contributed by atoms with van der Waals surface area (Å²) < 4.78 is 4.91. The Kier molecular flexibility index (Phi) is 4.45. The van der Waals surface area contributed by atoms with Crippen molar-refractivity contribution in [2.24, 2.45) is 0 Å². The Bertz CT molecular complexity index is 684. The van der Waals surface area contributed by atoms with Crippen molar-refractivity contribution >= 4 is 34.1 Å². The fourth-order valence-electron chi connectivity index (χ4n) is 2.79. The molecule has 116 valence electrons. The van der Waals surface area contributed by atoms with E-state index in [-0.39, 0.29) is 12.5 Å². The van der Waals surface area contributed by atoms with E-state index in [1.54, 1.807) is 7.11 Å². The van der Waals surface area contributed by atoms with Crippen LogP contribution in [-0.2, 0) is 9.53 Å². The smallest absolute Gasteiger partial charge is 0.248 e. The molecule has 0 N–H and O–H groups in total. The van der Waals surface area contributed by atoms with Crippen LogP contribution in [0.1, 0.15) is 0 Å². The van der Waals surface area contributed by atoms with Crippen LogP contribution in [0.4, 0.5) is 5.69 Å². The van der Waals surface area contributed by atoms with Gasteiger partial charge in [-0.25, -0.2) is 0 Å². The summed E-state index contributed by atoms with van der Waals surface area (Å²) in [6.45, 7) is 3.13. The fraction of sp³-hybridized carbons (Fsp3) is 0.375. The van der Waals surface area contributed by atoms with E-state index < -0.39 is 0 Å². The zero-order valence-corrected chi connectivity index (χ0v) is 13.2. The highest BCUT2D eigenvalue weighted by Crippen LogP contribution is 2.28. The molecule has 0 saturated carbocycles. The van der Waals surface area contributed by atoms with E-state index in [2.05, 4.69) is 9.88 Å². The van der Waals surface area contributed by atoms with Gasteiger partial charge < -0.3 is 14.5 Å². The molecule has 1 saturated heterocycles. The van der Waals surface area contributed by atoms with Gasteiger partial charge in [0.15, 0.2) is 0 Å². The standard InChI is InChI=1S/C16H18ClN3O2/c1-22-11-16(21)20-8-6-19(7-9-20)15-4-5-18-14-3-2-12(17)10-13(14)15/h2-5,10H,6-9,11H2,1H3. The van der Waals surface area contributed by atoms with Gasteiger partial charge in [0.05, 0.1) is 5.52 Å². The molecular weight excluding hydrogens is 302 g/mol. The number of carbonyl (C=O) groups excluding carboxylic acids is 1. The summed E-state index contributed by atoms with van der Waals surface area (Å²) in [5.74, 6) is 0.0461. The van der Waals surface area contributed by atoms with Gasteiger partial charge in [-0.2, -0.15) is 0 Å². The third-order valence-corrected chi connectivity index (χ3v) is 4.16. The lowest BCUT2D eigenvalue weighted by Crippen LogP contribution is -2.49. The monoisotopic (exact) mass is 319 g/mol. The summed E-state index contributed by atoms with van der Waals surface area (Å²) >= 11 is 6.12. The van der Waals surface area contributed by atoms with Gasteiger partial charge in [-0.1, -0.05) is 11.6 Å². The van der Waals surface area contributed by atoms with Crippen LogP contribution in [-0.4, -0.2) is 55.7 Å². The number of carbonyl (C=O) groups is 1. The summed E-state index contributed by atoms with van der Waals surface area (Å²) in [7, 11) is 1.54. The van der Waals surface area contributed by atoms with Crippen molar-refractivity contribution in [3.63, 3.8) is 0 Å². The Morgan fingerprint density at radius 2 is 2.05 bits per heavy atom. The second-order valence-electron chi connectivity index (χ2n) is 5.29. The first-order chi connectivity index (χ1) is 10.7. The highest BCUT2D eigenvalue weighted by molar-refractivity contribution is 6.31. The highest BCUT2D eigenvalue weighted by Gasteiger charge is 2.22. The first-order valence-electron chi connectivity index (χ1n) is 7.25. The molecule has 6 heteroatoms. The molecule has 0 spiro atoms. The van der Waals surface area contributed by atoms with E-state index in [4.69, 9.17) is 16.3 Å².